The minimum absolute atomic E-state index is 0.0778. The molecule has 0 radical (unpaired) electrons. The SMILES string of the molecule is C[C@H](CO)N1C[C@H](C)[C@@H](CN(C)Cc2ccc(-c3ccccc3)cc2)Oc2ccc(N(C)C)cc2C1=O. The minimum atomic E-state index is -0.273. The van der Waals surface area contributed by atoms with Crippen molar-refractivity contribution in [3.05, 3.63) is 83.9 Å². The number of aliphatic hydroxyl groups is 1. The van der Waals surface area contributed by atoms with Gasteiger partial charge in [0.25, 0.3) is 5.91 Å². The standard InChI is InChI=1S/C31H39N3O3/c1-22-18-34(23(2)21-35)31(36)28-17-27(32(3)4)15-16-29(28)37-30(22)20-33(5)19-24-11-13-26(14-12-24)25-9-7-6-8-10-25/h6-17,22-23,30,35H,18-21H2,1-5H3/t22-,23+,30+/m0/s1. The van der Waals surface area contributed by atoms with Crippen LogP contribution in [0.2, 0.25) is 0 Å². The second kappa shape index (κ2) is 11.8. The number of nitrogens with zero attached hydrogens (tertiary/aromatic N) is 3. The van der Waals surface area contributed by atoms with Gasteiger partial charge in [-0.2, -0.15) is 0 Å². The van der Waals surface area contributed by atoms with E-state index < -0.39 is 0 Å². The third-order valence-electron chi connectivity index (χ3n) is 7.17. The fourth-order valence-electron chi connectivity index (χ4n) is 4.82. The molecule has 3 atom stereocenters. The van der Waals surface area contributed by atoms with Crippen molar-refractivity contribution in [1.82, 2.24) is 9.80 Å². The first-order valence-corrected chi connectivity index (χ1v) is 13.0. The summed E-state index contributed by atoms with van der Waals surface area (Å²) in [6.07, 6.45) is -0.112. The molecule has 0 spiro atoms. The van der Waals surface area contributed by atoms with Crippen molar-refractivity contribution in [3.63, 3.8) is 0 Å². The number of hydrogen-bond acceptors (Lipinski definition) is 5. The Bertz CT molecular complexity index is 1180. The van der Waals surface area contributed by atoms with Crippen LogP contribution in [0.25, 0.3) is 11.1 Å². The molecule has 0 aliphatic carbocycles. The molecular weight excluding hydrogens is 462 g/mol. The Labute approximate surface area is 221 Å². The largest absolute Gasteiger partial charge is 0.488 e. The Morgan fingerprint density at radius 3 is 2.32 bits per heavy atom. The lowest BCUT2D eigenvalue weighted by Gasteiger charge is -2.38. The Morgan fingerprint density at radius 1 is 1.00 bits per heavy atom. The summed E-state index contributed by atoms with van der Waals surface area (Å²) >= 11 is 0. The van der Waals surface area contributed by atoms with Gasteiger partial charge in [0.1, 0.15) is 11.9 Å². The third-order valence-corrected chi connectivity index (χ3v) is 7.17. The van der Waals surface area contributed by atoms with Crippen LogP contribution in [-0.4, -0.2) is 73.8 Å². The second-order valence-electron chi connectivity index (χ2n) is 10.5. The van der Waals surface area contributed by atoms with Crippen LogP contribution in [-0.2, 0) is 6.54 Å². The van der Waals surface area contributed by atoms with E-state index in [1.165, 1.54) is 16.7 Å². The molecule has 0 unspecified atom stereocenters. The molecule has 3 aromatic rings. The third kappa shape index (κ3) is 6.32. The molecule has 0 aromatic heterocycles. The lowest BCUT2D eigenvalue weighted by molar-refractivity contribution is 0.0341. The predicted octanol–water partition coefficient (Wildman–Crippen LogP) is 4.77. The molecule has 4 rings (SSSR count). The van der Waals surface area contributed by atoms with Gasteiger partial charge in [-0.1, -0.05) is 61.5 Å². The van der Waals surface area contributed by atoms with Crippen LogP contribution in [0.3, 0.4) is 0 Å². The average Bonchev–Trinajstić information content (AvgIpc) is 2.90. The highest BCUT2D eigenvalue weighted by Gasteiger charge is 2.33. The minimum Gasteiger partial charge on any atom is -0.488 e. The smallest absolute Gasteiger partial charge is 0.258 e. The van der Waals surface area contributed by atoms with E-state index in [1.54, 1.807) is 4.90 Å². The van der Waals surface area contributed by atoms with Gasteiger partial charge in [0.2, 0.25) is 0 Å². The van der Waals surface area contributed by atoms with E-state index in [0.29, 0.717) is 24.4 Å². The Kier molecular flexibility index (Phi) is 8.52. The Balaban J connectivity index is 1.53. The van der Waals surface area contributed by atoms with Gasteiger partial charge in [0.05, 0.1) is 18.2 Å². The van der Waals surface area contributed by atoms with Crippen LogP contribution >= 0.6 is 0 Å². The molecule has 6 nitrogen and oxygen atoms in total. The Morgan fingerprint density at radius 2 is 1.68 bits per heavy atom. The van der Waals surface area contributed by atoms with Crippen LogP contribution in [0.5, 0.6) is 5.75 Å². The maximum atomic E-state index is 13.5. The van der Waals surface area contributed by atoms with E-state index in [2.05, 4.69) is 67.4 Å². The first kappa shape index (κ1) is 26.7. The van der Waals surface area contributed by atoms with Crippen LogP contribution < -0.4 is 9.64 Å². The maximum absolute atomic E-state index is 13.5. The molecule has 3 aromatic carbocycles. The van der Waals surface area contributed by atoms with Gasteiger partial charge in [-0.25, -0.2) is 0 Å². The van der Waals surface area contributed by atoms with Crippen molar-refractivity contribution in [1.29, 1.82) is 0 Å². The monoisotopic (exact) mass is 501 g/mol. The lowest BCUT2D eigenvalue weighted by Crippen LogP contribution is -2.49. The molecule has 37 heavy (non-hydrogen) atoms. The molecule has 1 N–H and O–H groups in total. The van der Waals surface area contributed by atoms with E-state index in [9.17, 15) is 9.90 Å². The summed E-state index contributed by atoms with van der Waals surface area (Å²) in [6, 6.07) is 24.6. The molecule has 0 fully saturated rings. The molecule has 0 saturated heterocycles. The van der Waals surface area contributed by atoms with Gasteiger partial charge in [0, 0.05) is 45.3 Å². The van der Waals surface area contributed by atoms with Crippen molar-refractivity contribution >= 4 is 11.6 Å². The number of carbonyl (C=O) groups excluding carboxylic acids is 1. The fraction of sp³-hybridized carbons (Fsp3) is 0.387. The topological polar surface area (TPSA) is 56.2 Å². The quantitative estimate of drug-likeness (QED) is 0.482. The summed E-state index contributed by atoms with van der Waals surface area (Å²) in [5, 5.41) is 9.87. The molecule has 196 valence electrons. The van der Waals surface area contributed by atoms with E-state index in [1.807, 2.05) is 50.2 Å². The summed E-state index contributed by atoms with van der Waals surface area (Å²) in [7, 11) is 6.02. The number of ether oxygens (including phenoxy) is 1. The van der Waals surface area contributed by atoms with Crippen molar-refractivity contribution in [2.75, 3.05) is 45.7 Å². The predicted molar refractivity (Wildman–Crippen MR) is 150 cm³/mol. The molecule has 6 heteroatoms. The molecule has 1 amide bonds. The van der Waals surface area contributed by atoms with Gasteiger partial charge in [-0.05, 0) is 48.9 Å². The highest BCUT2D eigenvalue weighted by atomic mass is 16.5. The number of carbonyl (C=O) groups is 1. The first-order chi connectivity index (χ1) is 17.8. The summed E-state index contributed by atoms with van der Waals surface area (Å²) < 4.78 is 6.53. The number of likely N-dealkylation sites (N-methyl/N-ethyl adjacent to an activating group) is 1. The van der Waals surface area contributed by atoms with E-state index in [-0.39, 0.29) is 30.6 Å². The molecule has 0 saturated carbocycles. The number of hydrogen-bond donors (Lipinski definition) is 1. The Hall–Kier alpha value is -3.35. The number of rotatable bonds is 8. The van der Waals surface area contributed by atoms with Crippen LogP contribution in [0.1, 0.15) is 29.8 Å². The van der Waals surface area contributed by atoms with Gasteiger partial charge in [-0.15, -0.1) is 0 Å². The zero-order valence-corrected chi connectivity index (χ0v) is 22.6. The van der Waals surface area contributed by atoms with Crippen molar-refractivity contribution in [3.8, 4) is 16.9 Å². The molecule has 1 heterocycles. The van der Waals surface area contributed by atoms with Crippen LogP contribution in [0.4, 0.5) is 5.69 Å². The van der Waals surface area contributed by atoms with Crippen molar-refractivity contribution in [2.45, 2.75) is 32.5 Å². The zero-order chi connectivity index (χ0) is 26.5. The maximum Gasteiger partial charge on any atom is 0.258 e. The molecule has 1 aliphatic heterocycles. The summed E-state index contributed by atoms with van der Waals surface area (Å²) in [4.78, 5) is 19.6. The summed E-state index contributed by atoms with van der Waals surface area (Å²) in [6.45, 7) is 5.97. The highest BCUT2D eigenvalue weighted by Crippen LogP contribution is 2.31. The summed E-state index contributed by atoms with van der Waals surface area (Å²) in [5.41, 5.74) is 5.14. The van der Waals surface area contributed by atoms with Gasteiger partial charge >= 0.3 is 0 Å². The number of fused-ring (bicyclic) bond motifs is 1. The van der Waals surface area contributed by atoms with Gasteiger partial charge in [0.15, 0.2) is 0 Å². The normalized spacial score (nSPS) is 18.6. The number of benzene rings is 3. The second-order valence-corrected chi connectivity index (χ2v) is 10.5. The van der Waals surface area contributed by atoms with Gasteiger partial charge < -0.3 is 19.6 Å². The van der Waals surface area contributed by atoms with Gasteiger partial charge in [-0.3, -0.25) is 9.69 Å². The van der Waals surface area contributed by atoms with Crippen molar-refractivity contribution in [2.24, 2.45) is 5.92 Å². The lowest BCUT2D eigenvalue weighted by atomic mass is 9.99. The number of anilines is 1. The van der Waals surface area contributed by atoms with E-state index in [4.69, 9.17) is 4.74 Å². The van der Waals surface area contributed by atoms with Crippen LogP contribution in [0, 0.1) is 5.92 Å². The number of aliphatic hydroxyl groups excluding tert-OH is 1. The fourth-order valence-corrected chi connectivity index (χ4v) is 4.82. The highest BCUT2D eigenvalue weighted by molar-refractivity contribution is 5.98. The van der Waals surface area contributed by atoms with Crippen molar-refractivity contribution < 1.29 is 14.6 Å². The number of amides is 1. The van der Waals surface area contributed by atoms with E-state index >= 15 is 0 Å². The summed E-state index contributed by atoms with van der Waals surface area (Å²) in [5.74, 6) is 0.586. The molecule has 1 aliphatic rings. The molecular formula is C31H39N3O3. The molecule has 0 bridgehead atoms. The zero-order valence-electron chi connectivity index (χ0n) is 22.6. The van der Waals surface area contributed by atoms with E-state index in [0.717, 1.165) is 12.2 Å². The van der Waals surface area contributed by atoms with Crippen LogP contribution in [0.15, 0.2) is 72.8 Å². The average molecular weight is 502 g/mol. The first-order valence-electron chi connectivity index (χ1n) is 13.0.